The number of amidine groups is 1. The zero-order valence-corrected chi connectivity index (χ0v) is 26.1. The maximum Gasteiger partial charge on any atom is 0.253 e. The van der Waals surface area contributed by atoms with E-state index in [1.54, 1.807) is 42.9 Å². The Hall–Kier alpha value is -4.43. The standard InChI is InChI=1S/C33H40N8O3/c1-21(35-19-29(42)41-14-6-7-26(41)18-34)17-33(32-36-20-37-38-32)27-12-10-24(30(43)39(2)3)15-22(27)8-9-23-16-25(11-13-28(23)33)31(44)40(4)5/h10-13,15-16,21,26,35H,6-9,14,17,19-20H2,1-5H3/t21-,26-/m0/s1. The molecular weight excluding hydrogens is 556 g/mol. The van der Waals surface area contributed by atoms with Crippen LogP contribution in [0.1, 0.15) is 69.2 Å². The van der Waals surface area contributed by atoms with Crippen molar-refractivity contribution in [2.75, 3.05) is 47.9 Å². The van der Waals surface area contributed by atoms with Gasteiger partial charge in [0.15, 0.2) is 12.5 Å². The number of rotatable bonds is 8. The van der Waals surface area contributed by atoms with Gasteiger partial charge in [0, 0.05) is 51.9 Å². The highest BCUT2D eigenvalue weighted by molar-refractivity contribution is 6.00. The van der Waals surface area contributed by atoms with E-state index in [0.717, 1.165) is 28.7 Å². The molecule has 0 aromatic heterocycles. The number of aliphatic imine (C=N–C) groups is 1. The van der Waals surface area contributed by atoms with Crippen molar-refractivity contribution >= 4 is 23.6 Å². The Bertz CT molecular complexity index is 1500. The average molecular weight is 597 g/mol. The number of azo groups is 1. The third-order valence-corrected chi connectivity index (χ3v) is 8.87. The van der Waals surface area contributed by atoms with Gasteiger partial charge in [-0.2, -0.15) is 10.4 Å². The lowest BCUT2D eigenvalue weighted by atomic mass is 9.67. The fourth-order valence-corrected chi connectivity index (χ4v) is 6.73. The molecule has 0 bridgehead atoms. The highest BCUT2D eigenvalue weighted by atomic mass is 16.2. The van der Waals surface area contributed by atoms with Gasteiger partial charge in [-0.15, -0.1) is 5.11 Å². The third kappa shape index (κ3) is 5.74. The van der Waals surface area contributed by atoms with E-state index in [4.69, 9.17) is 4.99 Å². The highest BCUT2D eigenvalue weighted by Gasteiger charge is 2.46. The van der Waals surface area contributed by atoms with Crippen molar-refractivity contribution in [3.05, 3.63) is 69.8 Å². The third-order valence-electron chi connectivity index (χ3n) is 8.87. The first-order valence-electron chi connectivity index (χ1n) is 15.1. The second kappa shape index (κ2) is 12.7. The molecular formula is C33H40N8O3. The van der Waals surface area contributed by atoms with E-state index >= 15 is 0 Å². The Morgan fingerprint density at radius 3 is 2.11 bits per heavy atom. The number of benzene rings is 2. The second-order valence-electron chi connectivity index (χ2n) is 12.3. The average Bonchev–Trinajstić information content (AvgIpc) is 3.71. The molecule has 1 aliphatic carbocycles. The van der Waals surface area contributed by atoms with Crippen LogP contribution in [0.4, 0.5) is 0 Å². The van der Waals surface area contributed by atoms with Crippen LogP contribution < -0.4 is 5.32 Å². The quantitative estimate of drug-likeness (QED) is 0.500. The molecule has 1 saturated heterocycles. The molecule has 2 aromatic carbocycles. The smallest absolute Gasteiger partial charge is 0.253 e. The number of nitrogens with one attached hydrogen (secondary N) is 1. The monoisotopic (exact) mass is 596 g/mol. The molecule has 11 heteroatoms. The Morgan fingerprint density at radius 2 is 1.61 bits per heavy atom. The van der Waals surface area contributed by atoms with Crippen LogP contribution in [-0.2, 0) is 23.1 Å². The molecule has 0 spiro atoms. The second-order valence-corrected chi connectivity index (χ2v) is 12.3. The number of carbonyl (C=O) groups is 3. The van der Waals surface area contributed by atoms with Gasteiger partial charge in [0.1, 0.15) is 6.04 Å². The van der Waals surface area contributed by atoms with Gasteiger partial charge in [-0.25, -0.2) is 4.99 Å². The number of nitrogens with zero attached hydrogens (tertiary/aromatic N) is 7. The zero-order valence-electron chi connectivity index (χ0n) is 26.1. The molecule has 0 radical (unpaired) electrons. The molecule has 44 heavy (non-hydrogen) atoms. The van der Waals surface area contributed by atoms with Crippen LogP contribution in [0.15, 0.2) is 51.6 Å². The van der Waals surface area contributed by atoms with Crippen molar-refractivity contribution in [2.45, 2.75) is 56.5 Å². The van der Waals surface area contributed by atoms with Gasteiger partial charge in [-0.1, -0.05) is 12.1 Å². The summed E-state index contributed by atoms with van der Waals surface area (Å²) in [4.78, 5) is 48.6. The summed E-state index contributed by atoms with van der Waals surface area (Å²) in [5.74, 6) is 0.323. The Balaban J connectivity index is 1.60. The summed E-state index contributed by atoms with van der Waals surface area (Å²) in [6, 6.07) is 13.4. The number of nitriles is 1. The summed E-state index contributed by atoms with van der Waals surface area (Å²) in [7, 11) is 6.95. The van der Waals surface area contributed by atoms with Crippen LogP contribution in [0, 0.1) is 11.3 Å². The molecule has 2 atom stereocenters. The molecule has 2 aliphatic heterocycles. The number of hydrogen-bond donors (Lipinski definition) is 1. The lowest BCUT2D eigenvalue weighted by Crippen LogP contribution is -2.47. The minimum absolute atomic E-state index is 0.0805. The number of aryl methyl sites for hydroxylation is 2. The predicted molar refractivity (Wildman–Crippen MR) is 167 cm³/mol. The molecule has 3 amide bonds. The molecule has 230 valence electrons. The summed E-state index contributed by atoms with van der Waals surface area (Å²) in [6.07, 6.45) is 3.36. The van der Waals surface area contributed by atoms with E-state index in [0.29, 0.717) is 49.2 Å². The van der Waals surface area contributed by atoms with E-state index in [9.17, 15) is 19.6 Å². The lowest BCUT2D eigenvalue weighted by molar-refractivity contribution is -0.130. The maximum absolute atomic E-state index is 13.1. The summed E-state index contributed by atoms with van der Waals surface area (Å²) >= 11 is 0. The van der Waals surface area contributed by atoms with Crippen molar-refractivity contribution in [1.82, 2.24) is 20.0 Å². The van der Waals surface area contributed by atoms with Gasteiger partial charge >= 0.3 is 0 Å². The van der Waals surface area contributed by atoms with Gasteiger partial charge < -0.3 is 20.0 Å². The van der Waals surface area contributed by atoms with Gasteiger partial charge in [-0.05, 0) is 85.5 Å². The first-order chi connectivity index (χ1) is 21.1. The first-order valence-corrected chi connectivity index (χ1v) is 15.1. The topological polar surface area (TPSA) is 134 Å². The van der Waals surface area contributed by atoms with Crippen LogP contribution in [-0.4, -0.2) is 98.3 Å². The predicted octanol–water partition coefficient (Wildman–Crippen LogP) is 3.18. The van der Waals surface area contributed by atoms with Gasteiger partial charge in [0.25, 0.3) is 11.8 Å². The lowest BCUT2D eigenvalue weighted by Gasteiger charge is -2.37. The van der Waals surface area contributed by atoms with Gasteiger partial charge in [0.05, 0.1) is 18.0 Å². The van der Waals surface area contributed by atoms with Gasteiger partial charge in [0.2, 0.25) is 5.91 Å². The van der Waals surface area contributed by atoms with Crippen LogP contribution in [0.5, 0.6) is 0 Å². The molecule has 0 unspecified atom stereocenters. The van der Waals surface area contributed by atoms with E-state index in [-0.39, 0.29) is 43.0 Å². The molecule has 11 nitrogen and oxygen atoms in total. The molecule has 0 saturated carbocycles. The van der Waals surface area contributed by atoms with Crippen LogP contribution >= 0.6 is 0 Å². The Morgan fingerprint density at radius 1 is 1.02 bits per heavy atom. The number of hydrogen-bond acceptors (Lipinski definition) is 8. The summed E-state index contributed by atoms with van der Waals surface area (Å²) in [6.45, 7) is 2.96. The largest absolute Gasteiger partial charge is 0.345 e. The van der Waals surface area contributed by atoms with Crippen molar-refractivity contribution in [2.24, 2.45) is 15.2 Å². The van der Waals surface area contributed by atoms with Crippen molar-refractivity contribution in [3.8, 4) is 6.07 Å². The first kappa shape index (κ1) is 31.0. The zero-order chi connectivity index (χ0) is 31.6. The maximum atomic E-state index is 13.1. The minimum Gasteiger partial charge on any atom is -0.345 e. The Kier molecular flexibility index (Phi) is 8.92. The van der Waals surface area contributed by atoms with Crippen LogP contribution in [0.2, 0.25) is 0 Å². The van der Waals surface area contributed by atoms with Crippen molar-refractivity contribution < 1.29 is 14.4 Å². The van der Waals surface area contributed by atoms with Crippen molar-refractivity contribution in [3.63, 3.8) is 0 Å². The van der Waals surface area contributed by atoms with E-state index in [2.05, 4.69) is 21.6 Å². The summed E-state index contributed by atoms with van der Waals surface area (Å²) < 4.78 is 0. The molecule has 2 heterocycles. The molecule has 2 aromatic rings. The molecule has 1 N–H and O–H groups in total. The molecule has 3 aliphatic rings. The molecule has 5 rings (SSSR count). The number of carbonyl (C=O) groups excluding carboxylic acids is 3. The number of likely N-dealkylation sites (tertiary alicyclic amines) is 1. The fourth-order valence-electron chi connectivity index (χ4n) is 6.73. The Labute approximate surface area is 258 Å². The fraction of sp³-hybridized carbons (Fsp3) is 0.485. The van der Waals surface area contributed by atoms with E-state index < -0.39 is 5.41 Å². The SMILES string of the molecule is C[C@@H](CC1(C2=NCN=N2)c2ccc(C(=O)N(C)C)cc2CCc2cc(C(=O)N(C)C)ccc21)NCC(=O)N1CCC[C@H]1C#N. The van der Waals surface area contributed by atoms with E-state index in [1.165, 1.54) is 0 Å². The number of amides is 3. The number of fused-ring (bicyclic) bond motifs is 2. The van der Waals surface area contributed by atoms with Gasteiger partial charge in [-0.3, -0.25) is 14.4 Å². The van der Waals surface area contributed by atoms with Crippen LogP contribution in [0.25, 0.3) is 0 Å². The summed E-state index contributed by atoms with van der Waals surface area (Å²) in [5, 5.41) is 21.7. The van der Waals surface area contributed by atoms with Crippen LogP contribution in [0.3, 0.4) is 0 Å². The van der Waals surface area contributed by atoms with Crippen molar-refractivity contribution in [1.29, 1.82) is 5.26 Å². The normalized spacial score (nSPS) is 18.9. The highest BCUT2D eigenvalue weighted by Crippen LogP contribution is 2.46. The van der Waals surface area contributed by atoms with E-state index in [1.807, 2.05) is 43.3 Å². The minimum atomic E-state index is -0.848. The molecule has 1 fully saturated rings. The summed E-state index contributed by atoms with van der Waals surface area (Å²) in [5.41, 5.74) is 4.35.